The molecule has 0 saturated heterocycles. The van der Waals surface area contributed by atoms with E-state index in [4.69, 9.17) is 10.5 Å². The standard InChI is InChI=1S/C14H22N2O2/c1-3-16(4-2)14(17)11-18-10-9-12-7-5-6-8-13(12)15/h5-8H,3-4,9-11,15H2,1-2H3. The lowest BCUT2D eigenvalue weighted by Crippen LogP contribution is -2.33. The highest BCUT2D eigenvalue weighted by atomic mass is 16.5. The van der Waals surface area contributed by atoms with E-state index >= 15 is 0 Å². The second-order valence-electron chi connectivity index (χ2n) is 4.07. The fourth-order valence-corrected chi connectivity index (χ4v) is 1.77. The van der Waals surface area contributed by atoms with Gasteiger partial charge in [0.25, 0.3) is 0 Å². The Bertz CT molecular complexity index is 376. The van der Waals surface area contributed by atoms with Gasteiger partial charge in [-0.1, -0.05) is 18.2 Å². The summed E-state index contributed by atoms with van der Waals surface area (Å²) >= 11 is 0. The van der Waals surface area contributed by atoms with E-state index in [0.717, 1.165) is 30.8 Å². The van der Waals surface area contributed by atoms with Crippen LogP contribution < -0.4 is 5.73 Å². The highest BCUT2D eigenvalue weighted by Gasteiger charge is 2.09. The molecule has 0 aliphatic carbocycles. The van der Waals surface area contributed by atoms with Crippen LogP contribution in [0.4, 0.5) is 5.69 Å². The number of carbonyl (C=O) groups excluding carboxylic acids is 1. The molecule has 0 unspecified atom stereocenters. The van der Waals surface area contributed by atoms with Crippen LogP contribution in [0.1, 0.15) is 19.4 Å². The SMILES string of the molecule is CCN(CC)C(=O)COCCc1ccccc1N. The van der Waals surface area contributed by atoms with Gasteiger partial charge in [-0.2, -0.15) is 0 Å². The molecule has 0 aromatic heterocycles. The topological polar surface area (TPSA) is 55.6 Å². The Labute approximate surface area is 109 Å². The molecule has 0 fully saturated rings. The van der Waals surface area contributed by atoms with E-state index in [9.17, 15) is 4.79 Å². The predicted octanol–water partition coefficient (Wildman–Crippen LogP) is 1.70. The number of nitrogen functional groups attached to an aromatic ring is 1. The summed E-state index contributed by atoms with van der Waals surface area (Å²) in [6.45, 7) is 6.04. The monoisotopic (exact) mass is 250 g/mol. The number of hydrogen-bond donors (Lipinski definition) is 1. The van der Waals surface area contributed by atoms with E-state index in [2.05, 4.69) is 0 Å². The van der Waals surface area contributed by atoms with Gasteiger partial charge in [-0.05, 0) is 31.9 Å². The maximum atomic E-state index is 11.7. The van der Waals surface area contributed by atoms with Crippen molar-refractivity contribution in [1.82, 2.24) is 4.90 Å². The molecule has 0 heterocycles. The van der Waals surface area contributed by atoms with Gasteiger partial charge >= 0.3 is 0 Å². The molecule has 1 rings (SSSR count). The number of benzene rings is 1. The minimum absolute atomic E-state index is 0.0426. The van der Waals surface area contributed by atoms with Gasteiger partial charge in [-0.25, -0.2) is 0 Å². The first-order chi connectivity index (χ1) is 8.69. The van der Waals surface area contributed by atoms with Crippen LogP contribution in [0.15, 0.2) is 24.3 Å². The van der Waals surface area contributed by atoms with Crippen molar-refractivity contribution in [2.75, 3.05) is 32.0 Å². The first-order valence-electron chi connectivity index (χ1n) is 6.37. The van der Waals surface area contributed by atoms with E-state index in [1.807, 2.05) is 38.1 Å². The number of anilines is 1. The lowest BCUT2D eigenvalue weighted by Gasteiger charge is -2.18. The number of hydrogen-bond acceptors (Lipinski definition) is 3. The van der Waals surface area contributed by atoms with Crippen molar-refractivity contribution >= 4 is 11.6 Å². The van der Waals surface area contributed by atoms with Crippen LogP contribution >= 0.6 is 0 Å². The molecule has 4 heteroatoms. The third-order valence-corrected chi connectivity index (χ3v) is 2.91. The van der Waals surface area contributed by atoms with Crippen LogP contribution in [0.3, 0.4) is 0 Å². The van der Waals surface area contributed by atoms with Crippen LogP contribution in [0.25, 0.3) is 0 Å². The smallest absolute Gasteiger partial charge is 0.248 e. The molecular weight excluding hydrogens is 228 g/mol. The number of amides is 1. The average Bonchev–Trinajstić information content (AvgIpc) is 2.38. The Balaban J connectivity index is 2.27. The molecule has 0 aliphatic rings. The number of carbonyl (C=O) groups is 1. The molecule has 18 heavy (non-hydrogen) atoms. The summed E-state index contributed by atoms with van der Waals surface area (Å²) in [4.78, 5) is 13.4. The molecule has 2 N–H and O–H groups in total. The Hall–Kier alpha value is -1.55. The van der Waals surface area contributed by atoms with Crippen molar-refractivity contribution in [1.29, 1.82) is 0 Å². The number of nitrogens with zero attached hydrogens (tertiary/aromatic N) is 1. The van der Waals surface area contributed by atoms with E-state index in [1.165, 1.54) is 0 Å². The highest BCUT2D eigenvalue weighted by Crippen LogP contribution is 2.10. The molecule has 1 aromatic rings. The lowest BCUT2D eigenvalue weighted by molar-refractivity contribution is -0.135. The van der Waals surface area contributed by atoms with Gasteiger partial charge in [0.05, 0.1) is 6.61 Å². The van der Waals surface area contributed by atoms with Crippen molar-refractivity contribution < 1.29 is 9.53 Å². The van der Waals surface area contributed by atoms with Gasteiger partial charge in [0.1, 0.15) is 6.61 Å². The normalized spacial score (nSPS) is 10.3. The van der Waals surface area contributed by atoms with Crippen molar-refractivity contribution in [2.24, 2.45) is 0 Å². The lowest BCUT2D eigenvalue weighted by atomic mass is 10.1. The summed E-state index contributed by atoms with van der Waals surface area (Å²) in [5.41, 5.74) is 7.66. The summed E-state index contributed by atoms with van der Waals surface area (Å²) in [6.07, 6.45) is 0.734. The first-order valence-corrected chi connectivity index (χ1v) is 6.37. The molecule has 0 atom stereocenters. The molecule has 0 radical (unpaired) electrons. The fourth-order valence-electron chi connectivity index (χ4n) is 1.77. The van der Waals surface area contributed by atoms with Crippen molar-refractivity contribution in [3.63, 3.8) is 0 Å². The van der Waals surface area contributed by atoms with Crippen LogP contribution in [0.5, 0.6) is 0 Å². The summed E-state index contributed by atoms with van der Waals surface area (Å²) in [6, 6.07) is 7.71. The molecular formula is C14H22N2O2. The van der Waals surface area contributed by atoms with Gasteiger partial charge in [-0.3, -0.25) is 4.79 Å². The Morgan fingerprint density at radius 1 is 1.28 bits per heavy atom. The third-order valence-electron chi connectivity index (χ3n) is 2.91. The van der Waals surface area contributed by atoms with E-state index in [-0.39, 0.29) is 12.5 Å². The van der Waals surface area contributed by atoms with Crippen molar-refractivity contribution in [3.8, 4) is 0 Å². The zero-order valence-corrected chi connectivity index (χ0v) is 11.2. The van der Waals surface area contributed by atoms with E-state index in [1.54, 1.807) is 4.90 Å². The second-order valence-corrected chi connectivity index (χ2v) is 4.07. The van der Waals surface area contributed by atoms with Gasteiger partial charge in [0.15, 0.2) is 0 Å². The average molecular weight is 250 g/mol. The van der Waals surface area contributed by atoms with Gasteiger partial charge in [0, 0.05) is 18.8 Å². The zero-order valence-electron chi connectivity index (χ0n) is 11.2. The number of para-hydroxylation sites is 1. The Morgan fingerprint density at radius 2 is 1.94 bits per heavy atom. The molecule has 1 amide bonds. The maximum absolute atomic E-state index is 11.7. The summed E-state index contributed by atoms with van der Waals surface area (Å²) in [5.74, 6) is 0.0426. The molecule has 100 valence electrons. The summed E-state index contributed by atoms with van der Waals surface area (Å²) in [5, 5.41) is 0. The third kappa shape index (κ3) is 4.37. The van der Waals surface area contributed by atoms with Crippen molar-refractivity contribution in [3.05, 3.63) is 29.8 Å². The molecule has 0 aliphatic heterocycles. The molecule has 0 saturated carbocycles. The largest absolute Gasteiger partial charge is 0.399 e. The summed E-state index contributed by atoms with van der Waals surface area (Å²) in [7, 11) is 0. The van der Waals surface area contributed by atoms with Crippen LogP contribution in [0, 0.1) is 0 Å². The molecule has 0 bridgehead atoms. The van der Waals surface area contributed by atoms with Crippen LogP contribution in [-0.4, -0.2) is 37.1 Å². The van der Waals surface area contributed by atoms with Gasteiger partial charge in [-0.15, -0.1) is 0 Å². The van der Waals surface area contributed by atoms with E-state index < -0.39 is 0 Å². The Morgan fingerprint density at radius 3 is 2.56 bits per heavy atom. The van der Waals surface area contributed by atoms with Crippen molar-refractivity contribution in [2.45, 2.75) is 20.3 Å². The van der Waals surface area contributed by atoms with Crippen LogP contribution in [0.2, 0.25) is 0 Å². The Kier molecular flexibility index (Phi) is 6.22. The highest BCUT2D eigenvalue weighted by molar-refractivity contribution is 5.77. The van der Waals surface area contributed by atoms with E-state index in [0.29, 0.717) is 6.61 Å². The minimum Gasteiger partial charge on any atom is -0.399 e. The number of nitrogens with two attached hydrogens (primary N) is 1. The van der Waals surface area contributed by atoms with Gasteiger partial charge < -0.3 is 15.4 Å². The molecule has 0 spiro atoms. The number of likely N-dealkylation sites (N-methyl/N-ethyl adjacent to an activating group) is 1. The maximum Gasteiger partial charge on any atom is 0.248 e. The van der Waals surface area contributed by atoms with Crippen LogP contribution in [-0.2, 0) is 16.0 Å². The summed E-state index contributed by atoms with van der Waals surface area (Å²) < 4.78 is 5.39. The number of ether oxygens (including phenoxy) is 1. The molecule has 4 nitrogen and oxygen atoms in total. The number of rotatable bonds is 7. The zero-order chi connectivity index (χ0) is 13.4. The second kappa shape index (κ2) is 7.71. The molecule has 1 aromatic carbocycles. The predicted molar refractivity (Wildman–Crippen MR) is 73.3 cm³/mol. The quantitative estimate of drug-likeness (QED) is 0.592. The van der Waals surface area contributed by atoms with Gasteiger partial charge in [0.2, 0.25) is 5.91 Å². The first kappa shape index (κ1) is 14.5. The fraction of sp³-hybridized carbons (Fsp3) is 0.500. The minimum atomic E-state index is 0.0426.